The van der Waals surface area contributed by atoms with Crippen LogP contribution in [0.15, 0.2) is 84.9 Å². The Labute approximate surface area is 238 Å². The molecule has 3 aromatic rings. The number of carbonyl (C=O) groups is 3. The smallest absolute Gasteiger partial charge is 0.303 e. The molecule has 1 aliphatic heterocycles. The molecule has 1 N–H and O–H groups in total. The van der Waals surface area contributed by atoms with Crippen molar-refractivity contribution in [3.63, 3.8) is 0 Å². The molecule has 1 fully saturated rings. The van der Waals surface area contributed by atoms with Crippen molar-refractivity contribution in [3.8, 4) is 5.75 Å². The molecule has 9 heteroatoms. The van der Waals surface area contributed by atoms with Gasteiger partial charge in [-0.1, -0.05) is 72.8 Å². The van der Waals surface area contributed by atoms with Crippen molar-refractivity contribution >= 4 is 17.9 Å². The average Bonchev–Trinajstić information content (AvgIpc) is 2.94. The van der Waals surface area contributed by atoms with Crippen LogP contribution >= 0.6 is 0 Å². The molecule has 41 heavy (non-hydrogen) atoms. The van der Waals surface area contributed by atoms with E-state index in [1.54, 1.807) is 12.1 Å². The predicted octanol–water partition coefficient (Wildman–Crippen LogP) is 4.15. The summed E-state index contributed by atoms with van der Waals surface area (Å²) in [7, 11) is 0. The lowest BCUT2D eigenvalue weighted by Gasteiger charge is -2.48. The molecule has 4 rings (SSSR count). The van der Waals surface area contributed by atoms with Crippen molar-refractivity contribution in [1.29, 1.82) is 0 Å². The largest absolute Gasteiger partial charge is 0.463 e. The van der Waals surface area contributed by atoms with Crippen LogP contribution in [-0.4, -0.2) is 59.8 Å². The van der Waals surface area contributed by atoms with Gasteiger partial charge in [0.15, 0.2) is 6.10 Å². The first kappa shape index (κ1) is 29.8. The fourth-order valence-electron chi connectivity index (χ4n) is 5.05. The van der Waals surface area contributed by atoms with Gasteiger partial charge in [-0.25, -0.2) is 0 Å². The minimum absolute atomic E-state index is 0.0293. The van der Waals surface area contributed by atoms with Crippen molar-refractivity contribution in [2.24, 2.45) is 0 Å². The van der Waals surface area contributed by atoms with Crippen LogP contribution in [0.1, 0.15) is 50.3 Å². The van der Waals surface area contributed by atoms with Gasteiger partial charge in [-0.05, 0) is 28.8 Å². The van der Waals surface area contributed by atoms with Crippen LogP contribution in [0.5, 0.6) is 5.75 Å². The second-order valence-corrected chi connectivity index (χ2v) is 9.99. The van der Waals surface area contributed by atoms with E-state index in [1.807, 2.05) is 48.5 Å². The van der Waals surface area contributed by atoms with Crippen molar-refractivity contribution in [1.82, 2.24) is 0 Å². The van der Waals surface area contributed by atoms with E-state index in [2.05, 4.69) is 24.3 Å². The molecule has 1 saturated heterocycles. The van der Waals surface area contributed by atoms with Gasteiger partial charge < -0.3 is 28.8 Å². The number of benzene rings is 3. The monoisotopic (exact) mass is 562 g/mol. The zero-order chi connectivity index (χ0) is 29.6. The van der Waals surface area contributed by atoms with Crippen LogP contribution in [0.25, 0.3) is 0 Å². The van der Waals surface area contributed by atoms with E-state index < -0.39 is 48.1 Å². The Morgan fingerprint density at radius 3 is 1.78 bits per heavy atom. The summed E-state index contributed by atoms with van der Waals surface area (Å²) in [4.78, 5) is 35.4. The van der Waals surface area contributed by atoms with E-state index in [4.69, 9.17) is 23.7 Å². The molecular formula is C32H34O9. The topological polar surface area (TPSA) is 118 Å². The molecule has 0 amide bonds. The molecule has 0 radical (unpaired) electrons. The highest BCUT2D eigenvalue weighted by atomic mass is 16.7. The fraction of sp³-hybridized carbons (Fsp3) is 0.344. The summed E-state index contributed by atoms with van der Waals surface area (Å²) in [6.45, 7) is 4.74. The zero-order valence-electron chi connectivity index (χ0n) is 23.4. The third kappa shape index (κ3) is 7.31. The quantitative estimate of drug-likeness (QED) is 0.233. The Bertz CT molecular complexity index is 1290. The number of ether oxygens (including phenoxy) is 5. The number of hydrogen-bond donors (Lipinski definition) is 1. The predicted molar refractivity (Wildman–Crippen MR) is 148 cm³/mol. The van der Waals surface area contributed by atoms with Gasteiger partial charge in [0, 0.05) is 33.6 Å². The van der Waals surface area contributed by atoms with Crippen LogP contribution in [0.4, 0.5) is 0 Å². The highest BCUT2D eigenvalue weighted by Gasteiger charge is 2.58. The van der Waals surface area contributed by atoms with E-state index in [-0.39, 0.29) is 12.5 Å². The first-order valence-corrected chi connectivity index (χ1v) is 13.3. The number of carbonyl (C=O) groups excluding carboxylic acids is 3. The summed E-state index contributed by atoms with van der Waals surface area (Å²) < 4.78 is 28.2. The SMILES string of the molecule is CC(=O)OC[C@H]1O[C@@](C)(Oc2ccc(C(c3ccccc3)c3ccccc3)cc2)[C@H](OC(C)=O)[C@@H](OC(C)=O)[C@H]1O. The normalized spacial score (nSPS) is 23.9. The second kappa shape index (κ2) is 13.0. The molecule has 0 unspecified atom stereocenters. The van der Waals surface area contributed by atoms with E-state index in [0.717, 1.165) is 16.7 Å². The minimum atomic E-state index is -1.73. The molecular weight excluding hydrogens is 528 g/mol. The maximum atomic E-state index is 12.1. The Balaban J connectivity index is 1.67. The summed E-state index contributed by atoms with van der Waals surface area (Å²) in [5, 5.41) is 10.9. The van der Waals surface area contributed by atoms with Gasteiger partial charge in [0.2, 0.25) is 11.9 Å². The van der Waals surface area contributed by atoms with Crippen molar-refractivity contribution < 1.29 is 43.2 Å². The Morgan fingerprint density at radius 1 is 0.780 bits per heavy atom. The van der Waals surface area contributed by atoms with E-state index in [0.29, 0.717) is 5.75 Å². The first-order valence-electron chi connectivity index (χ1n) is 13.3. The van der Waals surface area contributed by atoms with Gasteiger partial charge in [0.25, 0.3) is 0 Å². The van der Waals surface area contributed by atoms with E-state index >= 15 is 0 Å². The lowest BCUT2D eigenvalue weighted by molar-refractivity contribution is -0.333. The van der Waals surface area contributed by atoms with Gasteiger partial charge in [-0.3, -0.25) is 14.4 Å². The van der Waals surface area contributed by atoms with Gasteiger partial charge in [-0.15, -0.1) is 0 Å². The first-order chi connectivity index (χ1) is 19.6. The average molecular weight is 563 g/mol. The molecule has 0 bridgehead atoms. The van der Waals surface area contributed by atoms with Crippen LogP contribution in [0.2, 0.25) is 0 Å². The van der Waals surface area contributed by atoms with Gasteiger partial charge in [0.1, 0.15) is 24.6 Å². The second-order valence-electron chi connectivity index (χ2n) is 9.99. The molecule has 216 valence electrons. The number of esters is 3. The Kier molecular flexibility index (Phi) is 9.42. The van der Waals surface area contributed by atoms with E-state index in [9.17, 15) is 19.5 Å². The highest BCUT2D eigenvalue weighted by molar-refractivity contribution is 5.68. The third-order valence-electron chi connectivity index (χ3n) is 6.76. The molecule has 0 aromatic heterocycles. The minimum Gasteiger partial charge on any atom is -0.463 e. The molecule has 1 heterocycles. The number of aliphatic hydroxyl groups excluding tert-OH is 1. The molecule has 1 aliphatic rings. The summed E-state index contributed by atoms with van der Waals surface area (Å²) in [6, 6.07) is 27.6. The number of aliphatic hydroxyl groups is 1. The summed E-state index contributed by atoms with van der Waals surface area (Å²) >= 11 is 0. The molecule has 9 nitrogen and oxygen atoms in total. The summed E-state index contributed by atoms with van der Waals surface area (Å²) in [6.07, 6.45) is -5.30. The van der Waals surface area contributed by atoms with Gasteiger partial charge >= 0.3 is 17.9 Å². The Morgan fingerprint density at radius 2 is 1.29 bits per heavy atom. The fourth-order valence-corrected chi connectivity index (χ4v) is 5.05. The molecule has 3 aromatic carbocycles. The maximum absolute atomic E-state index is 12.1. The molecule has 0 aliphatic carbocycles. The van der Waals surface area contributed by atoms with Gasteiger partial charge in [0.05, 0.1) is 0 Å². The zero-order valence-corrected chi connectivity index (χ0v) is 23.4. The third-order valence-corrected chi connectivity index (χ3v) is 6.76. The van der Waals surface area contributed by atoms with Gasteiger partial charge in [-0.2, -0.15) is 0 Å². The van der Waals surface area contributed by atoms with Crippen LogP contribution in [0, 0.1) is 0 Å². The van der Waals surface area contributed by atoms with Crippen molar-refractivity contribution in [3.05, 3.63) is 102 Å². The Hall–Kier alpha value is -4.21. The maximum Gasteiger partial charge on any atom is 0.303 e. The van der Waals surface area contributed by atoms with Crippen LogP contribution in [-0.2, 0) is 33.3 Å². The lowest BCUT2D eigenvalue weighted by Crippen LogP contribution is -2.68. The van der Waals surface area contributed by atoms with Crippen LogP contribution in [0.3, 0.4) is 0 Å². The summed E-state index contributed by atoms with van der Waals surface area (Å²) in [5.74, 6) is -3.37. The van der Waals surface area contributed by atoms with Crippen LogP contribution < -0.4 is 4.74 Å². The molecule has 0 spiro atoms. The lowest BCUT2D eigenvalue weighted by atomic mass is 9.85. The standard InChI is InChI=1S/C32H34O9/c1-20(33)37-19-27-29(36)30(38-21(2)34)31(39-22(3)35)32(4,41-27)40-26-17-15-25(16-18-26)28(23-11-7-5-8-12-23)24-13-9-6-10-14-24/h5-18,27-31,36H,19H2,1-4H3/t27-,29+,30+,31-,32-/m1/s1. The highest BCUT2D eigenvalue weighted by Crippen LogP contribution is 2.38. The summed E-state index contributed by atoms with van der Waals surface area (Å²) in [5.41, 5.74) is 3.26. The molecule has 5 atom stereocenters. The number of hydrogen-bond acceptors (Lipinski definition) is 9. The van der Waals surface area contributed by atoms with Crippen molar-refractivity contribution in [2.45, 2.75) is 63.8 Å². The number of rotatable bonds is 9. The van der Waals surface area contributed by atoms with E-state index in [1.165, 1.54) is 27.7 Å². The molecule has 0 saturated carbocycles. The van der Waals surface area contributed by atoms with Crippen molar-refractivity contribution in [2.75, 3.05) is 6.61 Å².